The van der Waals surface area contributed by atoms with E-state index in [9.17, 15) is 8.42 Å². The Kier molecular flexibility index (Phi) is 13.0. The van der Waals surface area contributed by atoms with Gasteiger partial charge in [0.05, 0.1) is 4.90 Å². The van der Waals surface area contributed by atoms with E-state index in [-0.39, 0.29) is 11.0 Å². The van der Waals surface area contributed by atoms with Crippen molar-refractivity contribution in [3.8, 4) is 0 Å². The van der Waals surface area contributed by atoms with Gasteiger partial charge in [-0.3, -0.25) is 4.55 Å². The predicted octanol–water partition coefficient (Wildman–Crippen LogP) is 6.71. The number of hydrogen-bond donors (Lipinski definition) is 2. The van der Waals surface area contributed by atoms with Crippen molar-refractivity contribution in [3.63, 3.8) is 0 Å². The molecule has 0 aliphatic rings. The van der Waals surface area contributed by atoms with Crippen molar-refractivity contribution in [1.82, 2.24) is 6.15 Å². The van der Waals surface area contributed by atoms with Crippen LogP contribution in [0.25, 0.3) is 0 Å². The first-order valence-corrected chi connectivity index (χ1v) is 11.3. The maximum atomic E-state index is 11.0. The summed E-state index contributed by atoms with van der Waals surface area (Å²) in [7, 11) is -4.08. The maximum absolute atomic E-state index is 11.0. The first kappa shape index (κ1) is 23.8. The molecule has 6 heteroatoms. The molecule has 1 atom stereocenters. The molecule has 0 bridgehead atoms. The molecule has 0 fully saturated rings. The molecule has 0 aliphatic heterocycles. The molecule has 1 aromatic carbocycles. The molecule has 24 heavy (non-hydrogen) atoms. The second kappa shape index (κ2) is 13.1. The third kappa shape index (κ3) is 9.96. The van der Waals surface area contributed by atoms with Gasteiger partial charge < -0.3 is 6.15 Å². The molecule has 0 saturated heterocycles. The molecular formula is C18H33INO3S+. The molecule has 1 rings (SSSR count). The van der Waals surface area contributed by atoms with Gasteiger partial charge in [-0.2, -0.15) is 8.42 Å². The summed E-state index contributed by atoms with van der Waals surface area (Å²) in [6.07, 6.45) is 13.1. The molecule has 0 saturated carbocycles. The van der Waals surface area contributed by atoms with E-state index in [2.05, 4.69) is 29.5 Å². The van der Waals surface area contributed by atoms with E-state index in [1.807, 2.05) is 0 Å². The molecule has 5 N–H and O–H groups in total. The lowest BCUT2D eigenvalue weighted by Gasteiger charge is -2.10. The van der Waals surface area contributed by atoms with Crippen LogP contribution in [0.5, 0.6) is 0 Å². The van der Waals surface area contributed by atoms with Crippen LogP contribution in [0.4, 0.5) is 0 Å². The SMILES string of the molecule is CCCCCCCCCCCC(I)c1ccc(S(=O)(=O)O)cc1.[NH4+]. The summed E-state index contributed by atoms with van der Waals surface area (Å²) in [5, 5.41) is 0. The second-order valence-electron chi connectivity index (χ2n) is 6.13. The minimum atomic E-state index is -4.08. The maximum Gasteiger partial charge on any atom is 0.294 e. The lowest BCUT2D eigenvalue weighted by Crippen LogP contribution is -1.98. The molecule has 140 valence electrons. The smallest absolute Gasteiger partial charge is 0.294 e. The molecule has 0 amide bonds. The van der Waals surface area contributed by atoms with Gasteiger partial charge in [0.25, 0.3) is 10.1 Å². The van der Waals surface area contributed by atoms with Crippen LogP contribution < -0.4 is 6.15 Å². The Morgan fingerprint density at radius 3 is 1.83 bits per heavy atom. The molecule has 0 heterocycles. The van der Waals surface area contributed by atoms with Crippen molar-refractivity contribution in [2.45, 2.75) is 80.0 Å². The van der Waals surface area contributed by atoms with E-state index in [4.69, 9.17) is 4.55 Å². The molecule has 0 aromatic heterocycles. The number of unbranched alkanes of at least 4 members (excludes halogenated alkanes) is 8. The number of benzene rings is 1. The molecular weight excluding hydrogens is 437 g/mol. The number of rotatable bonds is 12. The normalized spacial score (nSPS) is 12.6. The van der Waals surface area contributed by atoms with Gasteiger partial charge in [0.15, 0.2) is 0 Å². The van der Waals surface area contributed by atoms with Crippen LogP contribution in [0, 0.1) is 0 Å². The highest BCUT2D eigenvalue weighted by Gasteiger charge is 2.11. The minimum absolute atomic E-state index is 0. The molecule has 0 spiro atoms. The monoisotopic (exact) mass is 470 g/mol. The summed E-state index contributed by atoms with van der Waals surface area (Å²) in [4.78, 5) is -0.0343. The van der Waals surface area contributed by atoms with E-state index in [1.54, 1.807) is 12.1 Å². The van der Waals surface area contributed by atoms with Gasteiger partial charge in [-0.15, -0.1) is 0 Å². The van der Waals surface area contributed by atoms with Crippen molar-refractivity contribution in [2.75, 3.05) is 0 Å². The Bertz CT molecular complexity index is 532. The second-order valence-corrected chi connectivity index (χ2v) is 9.05. The van der Waals surface area contributed by atoms with Crippen molar-refractivity contribution in [3.05, 3.63) is 29.8 Å². The Labute approximate surface area is 161 Å². The van der Waals surface area contributed by atoms with Gasteiger partial charge in [0, 0.05) is 3.92 Å². The van der Waals surface area contributed by atoms with Crippen molar-refractivity contribution in [1.29, 1.82) is 0 Å². The highest BCUT2D eigenvalue weighted by atomic mass is 127. The largest absolute Gasteiger partial charge is 0.369 e. The van der Waals surface area contributed by atoms with Gasteiger partial charge in [0.2, 0.25) is 0 Å². The van der Waals surface area contributed by atoms with Gasteiger partial charge in [-0.05, 0) is 24.1 Å². The van der Waals surface area contributed by atoms with Crippen LogP contribution in [-0.4, -0.2) is 13.0 Å². The summed E-state index contributed by atoms with van der Waals surface area (Å²) in [6, 6.07) is 6.56. The summed E-state index contributed by atoms with van der Waals surface area (Å²) >= 11 is 2.41. The van der Waals surface area contributed by atoms with Crippen molar-refractivity contribution in [2.24, 2.45) is 0 Å². The third-order valence-corrected chi connectivity index (χ3v) is 6.31. The van der Waals surface area contributed by atoms with Crippen molar-refractivity contribution < 1.29 is 13.0 Å². The van der Waals surface area contributed by atoms with Crippen LogP contribution in [0.2, 0.25) is 0 Å². The first-order valence-electron chi connectivity index (χ1n) is 8.66. The fourth-order valence-electron chi connectivity index (χ4n) is 2.65. The standard InChI is InChI=1S/C18H29IO3S.H3N/c1-2-3-4-5-6-7-8-9-10-11-18(19)16-12-14-17(15-13-16)23(20,21)22;/h12-15,18H,2-11H2,1H3,(H,20,21,22);1H3/p+1. The Balaban J connectivity index is 0.00000529. The van der Waals surface area contributed by atoms with E-state index in [1.165, 1.54) is 69.9 Å². The van der Waals surface area contributed by atoms with E-state index in [0.717, 1.165) is 12.0 Å². The zero-order chi connectivity index (χ0) is 17.1. The van der Waals surface area contributed by atoms with E-state index >= 15 is 0 Å². The summed E-state index contributed by atoms with van der Waals surface area (Å²) in [5.41, 5.74) is 1.12. The van der Waals surface area contributed by atoms with Crippen LogP contribution in [0.15, 0.2) is 29.2 Å². The Morgan fingerprint density at radius 2 is 1.38 bits per heavy atom. The number of hydrogen-bond acceptors (Lipinski definition) is 2. The minimum Gasteiger partial charge on any atom is -0.369 e. The molecule has 1 unspecified atom stereocenters. The lowest BCUT2D eigenvalue weighted by molar-refractivity contribution is 0.483. The van der Waals surface area contributed by atoms with Crippen molar-refractivity contribution >= 4 is 32.7 Å². The summed E-state index contributed by atoms with van der Waals surface area (Å²) in [5.74, 6) is 0. The zero-order valence-electron chi connectivity index (χ0n) is 15.0. The van der Waals surface area contributed by atoms with Crippen LogP contribution in [-0.2, 0) is 10.1 Å². The summed E-state index contributed by atoms with van der Waals surface area (Å²) < 4.78 is 31.4. The highest BCUT2D eigenvalue weighted by Crippen LogP contribution is 2.30. The molecule has 0 aliphatic carbocycles. The zero-order valence-corrected chi connectivity index (χ0v) is 18.0. The number of halogens is 1. The highest BCUT2D eigenvalue weighted by molar-refractivity contribution is 14.1. The first-order chi connectivity index (χ1) is 10.9. The van der Waals surface area contributed by atoms with Gasteiger partial charge in [-0.25, -0.2) is 0 Å². The predicted molar refractivity (Wildman–Crippen MR) is 111 cm³/mol. The van der Waals surface area contributed by atoms with E-state index < -0.39 is 10.1 Å². The number of alkyl halides is 1. The summed E-state index contributed by atoms with van der Waals surface area (Å²) in [6.45, 7) is 2.25. The van der Waals surface area contributed by atoms with Gasteiger partial charge in [-0.1, -0.05) is 99.4 Å². The molecule has 0 radical (unpaired) electrons. The Hall–Kier alpha value is -0.180. The van der Waals surface area contributed by atoms with E-state index in [0.29, 0.717) is 3.92 Å². The quantitative estimate of drug-likeness (QED) is 0.154. The van der Waals surface area contributed by atoms with Crippen LogP contribution >= 0.6 is 22.6 Å². The Morgan fingerprint density at radius 1 is 0.917 bits per heavy atom. The fraction of sp³-hybridized carbons (Fsp3) is 0.667. The third-order valence-electron chi connectivity index (χ3n) is 4.10. The fourth-order valence-corrected chi connectivity index (χ4v) is 3.99. The molecule has 1 aromatic rings. The average Bonchev–Trinajstić information content (AvgIpc) is 2.52. The topological polar surface area (TPSA) is 90.9 Å². The van der Waals surface area contributed by atoms with Crippen LogP contribution in [0.1, 0.15) is 80.6 Å². The van der Waals surface area contributed by atoms with Crippen LogP contribution in [0.3, 0.4) is 0 Å². The molecule has 4 nitrogen and oxygen atoms in total. The van der Waals surface area contributed by atoms with Gasteiger partial charge >= 0.3 is 0 Å². The average molecular weight is 470 g/mol. The van der Waals surface area contributed by atoms with Gasteiger partial charge in [0.1, 0.15) is 0 Å². The number of quaternary nitrogens is 1. The lowest BCUT2D eigenvalue weighted by atomic mass is 10.0.